The number of carbonyl (C=O) groups excluding carboxylic acids is 1. The molecule has 0 heterocycles. The van der Waals surface area contributed by atoms with E-state index in [0.29, 0.717) is 12.6 Å². The predicted molar refractivity (Wildman–Crippen MR) is 104 cm³/mol. The molecule has 2 aliphatic carbocycles. The molecule has 26 heavy (non-hydrogen) atoms. The van der Waals surface area contributed by atoms with E-state index in [1.807, 2.05) is 19.1 Å². The summed E-state index contributed by atoms with van der Waals surface area (Å²) in [5, 5.41) is 2.98. The minimum Gasteiger partial charge on any atom is -0.481 e. The SMILES string of the molecule is CC(Oc1cccc2c1CCCC2)C(=O)NCCCOC1CCCCC1. The van der Waals surface area contributed by atoms with Crippen LogP contribution in [0.3, 0.4) is 0 Å². The van der Waals surface area contributed by atoms with Crippen LogP contribution < -0.4 is 10.1 Å². The fourth-order valence-corrected chi connectivity index (χ4v) is 4.01. The summed E-state index contributed by atoms with van der Waals surface area (Å²) in [6.45, 7) is 3.20. The Morgan fingerprint density at radius 3 is 2.81 bits per heavy atom. The Bertz CT molecular complexity index is 581. The van der Waals surface area contributed by atoms with Gasteiger partial charge < -0.3 is 14.8 Å². The van der Waals surface area contributed by atoms with Gasteiger partial charge in [-0.25, -0.2) is 0 Å². The molecule has 4 nitrogen and oxygen atoms in total. The van der Waals surface area contributed by atoms with E-state index in [4.69, 9.17) is 9.47 Å². The van der Waals surface area contributed by atoms with Crippen molar-refractivity contribution in [2.75, 3.05) is 13.2 Å². The summed E-state index contributed by atoms with van der Waals surface area (Å²) in [7, 11) is 0. The van der Waals surface area contributed by atoms with E-state index in [1.54, 1.807) is 0 Å². The van der Waals surface area contributed by atoms with E-state index in [1.165, 1.54) is 56.1 Å². The molecule has 4 heteroatoms. The van der Waals surface area contributed by atoms with Crippen molar-refractivity contribution in [3.05, 3.63) is 29.3 Å². The van der Waals surface area contributed by atoms with E-state index >= 15 is 0 Å². The fraction of sp³-hybridized carbons (Fsp3) is 0.682. The van der Waals surface area contributed by atoms with Gasteiger partial charge in [-0.1, -0.05) is 31.4 Å². The van der Waals surface area contributed by atoms with Gasteiger partial charge in [-0.3, -0.25) is 4.79 Å². The second kappa shape index (κ2) is 9.96. The Balaban J connectivity index is 1.37. The summed E-state index contributed by atoms with van der Waals surface area (Å²) in [4.78, 5) is 12.3. The van der Waals surface area contributed by atoms with Gasteiger partial charge in [0.05, 0.1) is 6.10 Å². The maximum Gasteiger partial charge on any atom is 0.260 e. The van der Waals surface area contributed by atoms with E-state index in [9.17, 15) is 4.79 Å². The van der Waals surface area contributed by atoms with Gasteiger partial charge in [0.2, 0.25) is 0 Å². The van der Waals surface area contributed by atoms with Crippen LogP contribution in [0.1, 0.15) is 69.4 Å². The highest BCUT2D eigenvalue weighted by atomic mass is 16.5. The molecule has 0 aliphatic heterocycles. The number of nitrogens with one attached hydrogen (secondary N) is 1. The first-order valence-electron chi connectivity index (χ1n) is 10.4. The van der Waals surface area contributed by atoms with Crippen molar-refractivity contribution in [3.8, 4) is 5.75 Å². The van der Waals surface area contributed by atoms with Crippen LogP contribution in [0.25, 0.3) is 0 Å². The third kappa shape index (κ3) is 5.47. The van der Waals surface area contributed by atoms with Crippen LogP contribution in [0.4, 0.5) is 0 Å². The molecule has 1 unspecified atom stereocenters. The lowest BCUT2D eigenvalue weighted by atomic mass is 9.91. The van der Waals surface area contributed by atoms with Crippen molar-refractivity contribution in [3.63, 3.8) is 0 Å². The van der Waals surface area contributed by atoms with Gasteiger partial charge in [-0.15, -0.1) is 0 Å². The third-order valence-electron chi connectivity index (χ3n) is 5.55. The molecular formula is C22H33NO3. The Labute approximate surface area is 157 Å². The molecule has 1 fully saturated rings. The highest BCUT2D eigenvalue weighted by Crippen LogP contribution is 2.30. The zero-order valence-electron chi connectivity index (χ0n) is 16.1. The van der Waals surface area contributed by atoms with Gasteiger partial charge in [0.1, 0.15) is 5.75 Å². The number of fused-ring (bicyclic) bond motifs is 1. The van der Waals surface area contributed by atoms with Crippen LogP contribution in [0.2, 0.25) is 0 Å². The highest BCUT2D eigenvalue weighted by Gasteiger charge is 2.19. The Morgan fingerprint density at radius 2 is 1.96 bits per heavy atom. The summed E-state index contributed by atoms with van der Waals surface area (Å²) >= 11 is 0. The zero-order valence-corrected chi connectivity index (χ0v) is 16.1. The zero-order chi connectivity index (χ0) is 18.2. The topological polar surface area (TPSA) is 47.6 Å². The van der Waals surface area contributed by atoms with Crippen LogP contribution in [-0.4, -0.2) is 31.3 Å². The van der Waals surface area contributed by atoms with Gasteiger partial charge in [-0.2, -0.15) is 0 Å². The number of ether oxygens (including phenoxy) is 2. The molecule has 1 saturated carbocycles. The van der Waals surface area contributed by atoms with Crippen molar-refractivity contribution >= 4 is 5.91 Å². The molecule has 0 bridgehead atoms. The molecule has 0 radical (unpaired) electrons. The van der Waals surface area contributed by atoms with Crippen molar-refractivity contribution in [2.45, 2.75) is 83.3 Å². The molecule has 0 saturated heterocycles. The maximum absolute atomic E-state index is 12.3. The third-order valence-corrected chi connectivity index (χ3v) is 5.55. The second-order valence-corrected chi connectivity index (χ2v) is 7.64. The van der Waals surface area contributed by atoms with Crippen LogP contribution in [-0.2, 0) is 22.4 Å². The Kier molecular flexibility index (Phi) is 7.36. The monoisotopic (exact) mass is 359 g/mol. The van der Waals surface area contributed by atoms with Crippen molar-refractivity contribution in [1.29, 1.82) is 0 Å². The van der Waals surface area contributed by atoms with Crippen molar-refractivity contribution in [1.82, 2.24) is 5.32 Å². The first-order valence-corrected chi connectivity index (χ1v) is 10.4. The lowest BCUT2D eigenvalue weighted by molar-refractivity contribution is -0.127. The van der Waals surface area contributed by atoms with E-state index in [-0.39, 0.29) is 5.91 Å². The van der Waals surface area contributed by atoms with Crippen molar-refractivity contribution in [2.24, 2.45) is 0 Å². The average molecular weight is 360 g/mol. The predicted octanol–water partition coefficient (Wildman–Crippen LogP) is 4.19. The van der Waals surface area contributed by atoms with Crippen molar-refractivity contribution < 1.29 is 14.3 Å². The van der Waals surface area contributed by atoms with Gasteiger partial charge in [-0.05, 0) is 69.1 Å². The smallest absolute Gasteiger partial charge is 0.260 e. The number of aryl methyl sites for hydroxylation is 1. The lowest BCUT2D eigenvalue weighted by Gasteiger charge is -2.22. The molecule has 0 spiro atoms. The van der Waals surface area contributed by atoms with E-state index < -0.39 is 6.10 Å². The number of hydrogen-bond donors (Lipinski definition) is 1. The summed E-state index contributed by atoms with van der Waals surface area (Å²) in [5.41, 5.74) is 2.67. The summed E-state index contributed by atoms with van der Waals surface area (Å²) in [5.74, 6) is 0.835. The van der Waals surface area contributed by atoms with Gasteiger partial charge >= 0.3 is 0 Å². The van der Waals surface area contributed by atoms with Crippen LogP contribution in [0.5, 0.6) is 5.75 Å². The molecule has 144 valence electrons. The Hall–Kier alpha value is -1.55. The van der Waals surface area contributed by atoms with Crippen LogP contribution in [0, 0.1) is 0 Å². The molecule has 3 rings (SSSR count). The van der Waals surface area contributed by atoms with E-state index in [0.717, 1.165) is 31.6 Å². The summed E-state index contributed by atoms with van der Waals surface area (Å²) in [6, 6.07) is 6.21. The molecule has 1 atom stereocenters. The summed E-state index contributed by atoms with van der Waals surface area (Å²) in [6.07, 6.45) is 11.8. The molecule has 1 aromatic rings. The first kappa shape index (κ1) is 19.2. The Morgan fingerprint density at radius 1 is 1.15 bits per heavy atom. The standard InChI is InChI=1S/C22H33NO3/c1-17(26-21-14-7-10-18-9-5-6-13-20(18)21)22(24)23-15-8-16-25-19-11-3-2-4-12-19/h7,10,14,17,19H,2-6,8-9,11-13,15-16H2,1H3,(H,23,24). The number of benzene rings is 1. The van der Waals surface area contributed by atoms with E-state index in [2.05, 4.69) is 11.4 Å². The first-order chi connectivity index (χ1) is 12.7. The van der Waals surface area contributed by atoms with Gasteiger partial charge in [0.15, 0.2) is 6.10 Å². The largest absolute Gasteiger partial charge is 0.481 e. The number of carbonyl (C=O) groups is 1. The minimum absolute atomic E-state index is 0.0453. The summed E-state index contributed by atoms with van der Waals surface area (Å²) < 4.78 is 11.9. The second-order valence-electron chi connectivity index (χ2n) is 7.64. The quantitative estimate of drug-likeness (QED) is 0.708. The van der Waals surface area contributed by atoms with Gasteiger partial charge in [0.25, 0.3) is 5.91 Å². The van der Waals surface area contributed by atoms with Crippen LogP contribution >= 0.6 is 0 Å². The molecule has 1 amide bonds. The average Bonchev–Trinajstić information content (AvgIpc) is 2.68. The lowest BCUT2D eigenvalue weighted by Crippen LogP contribution is -2.37. The molecule has 2 aliphatic rings. The maximum atomic E-state index is 12.3. The molecule has 1 N–H and O–H groups in total. The molecule has 1 aromatic carbocycles. The number of rotatable bonds is 8. The normalized spacial score (nSPS) is 18.8. The number of amides is 1. The highest BCUT2D eigenvalue weighted by molar-refractivity contribution is 5.80. The molecule has 0 aromatic heterocycles. The molecular weight excluding hydrogens is 326 g/mol. The van der Waals surface area contributed by atoms with Gasteiger partial charge in [0, 0.05) is 13.2 Å². The van der Waals surface area contributed by atoms with Crippen LogP contribution in [0.15, 0.2) is 18.2 Å². The number of hydrogen-bond acceptors (Lipinski definition) is 3. The minimum atomic E-state index is -0.470. The fourth-order valence-electron chi connectivity index (χ4n) is 4.01.